The number of rotatable bonds is 4. The molecule has 5 nitrogen and oxygen atoms in total. The lowest BCUT2D eigenvalue weighted by molar-refractivity contribution is -0.117. The van der Waals surface area contributed by atoms with Crippen molar-refractivity contribution in [2.24, 2.45) is 0 Å². The van der Waals surface area contributed by atoms with E-state index in [4.69, 9.17) is 5.11 Å². The van der Waals surface area contributed by atoms with Gasteiger partial charge in [-0.15, -0.1) is 11.3 Å². The van der Waals surface area contributed by atoms with Gasteiger partial charge in [0, 0.05) is 5.38 Å². The lowest BCUT2D eigenvalue weighted by Crippen LogP contribution is -2.24. The Morgan fingerprint density at radius 3 is 2.87 bits per heavy atom. The molecule has 0 bridgehead atoms. The molecule has 0 radical (unpaired) electrons. The molecule has 1 unspecified atom stereocenters. The van der Waals surface area contributed by atoms with E-state index < -0.39 is 5.97 Å². The van der Waals surface area contributed by atoms with E-state index in [1.165, 1.54) is 16.7 Å². The fourth-order valence-electron chi connectivity index (χ4n) is 0.919. The van der Waals surface area contributed by atoms with Crippen LogP contribution in [0.25, 0.3) is 0 Å². The zero-order valence-corrected chi connectivity index (χ0v) is 8.87. The van der Waals surface area contributed by atoms with Crippen molar-refractivity contribution < 1.29 is 14.7 Å². The first kappa shape index (κ1) is 11.4. The molecule has 0 saturated heterocycles. The number of nitrogens with zero attached hydrogens (tertiary/aromatic N) is 1. The van der Waals surface area contributed by atoms with Crippen LogP contribution in [-0.4, -0.2) is 22.0 Å². The third-order valence-corrected chi connectivity index (χ3v) is 2.68. The summed E-state index contributed by atoms with van der Waals surface area (Å²) in [4.78, 5) is 25.4. The van der Waals surface area contributed by atoms with Gasteiger partial charge in [0.2, 0.25) is 5.91 Å². The lowest BCUT2D eigenvalue weighted by Gasteiger charge is -2.08. The zero-order valence-electron chi connectivity index (χ0n) is 8.06. The Hall–Kier alpha value is -1.69. The van der Waals surface area contributed by atoms with Gasteiger partial charge < -0.3 is 10.4 Å². The van der Waals surface area contributed by atoms with Crippen LogP contribution in [0.4, 0.5) is 0 Å². The number of carboxylic acid groups (broad SMARTS) is 1. The standard InChI is InChI=1S/C9H10N2O3S/c1-3-7(12)10-5(2)8-11-6(4-15-8)9(13)14/h3-5H,1H2,2H3,(H,10,12)(H,13,14). The van der Waals surface area contributed by atoms with Crippen LogP contribution < -0.4 is 5.32 Å². The van der Waals surface area contributed by atoms with Gasteiger partial charge in [0.05, 0.1) is 6.04 Å². The number of thiazole rings is 1. The summed E-state index contributed by atoms with van der Waals surface area (Å²) in [5.74, 6) is -1.38. The summed E-state index contributed by atoms with van der Waals surface area (Å²) in [7, 11) is 0. The van der Waals surface area contributed by atoms with Gasteiger partial charge in [0.15, 0.2) is 5.69 Å². The molecular weight excluding hydrogens is 216 g/mol. The molecule has 1 atom stereocenters. The smallest absolute Gasteiger partial charge is 0.355 e. The van der Waals surface area contributed by atoms with Crippen molar-refractivity contribution in [2.45, 2.75) is 13.0 Å². The molecule has 0 saturated carbocycles. The Kier molecular flexibility index (Phi) is 3.56. The van der Waals surface area contributed by atoms with Crippen molar-refractivity contribution in [1.29, 1.82) is 0 Å². The molecule has 1 aromatic rings. The molecule has 1 heterocycles. The third kappa shape index (κ3) is 2.88. The maximum atomic E-state index is 11.0. The highest BCUT2D eigenvalue weighted by molar-refractivity contribution is 7.09. The highest BCUT2D eigenvalue weighted by Gasteiger charge is 2.14. The highest BCUT2D eigenvalue weighted by Crippen LogP contribution is 2.17. The summed E-state index contributed by atoms with van der Waals surface area (Å²) in [6.07, 6.45) is 1.15. The average Bonchev–Trinajstić information content (AvgIpc) is 2.66. The van der Waals surface area contributed by atoms with Gasteiger partial charge in [-0.3, -0.25) is 4.79 Å². The van der Waals surface area contributed by atoms with Gasteiger partial charge in [-0.2, -0.15) is 0 Å². The third-order valence-electron chi connectivity index (χ3n) is 1.66. The van der Waals surface area contributed by atoms with Gasteiger partial charge in [-0.1, -0.05) is 6.58 Å². The van der Waals surface area contributed by atoms with Crippen LogP contribution in [-0.2, 0) is 4.79 Å². The summed E-state index contributed by atoms with van der Waals surface area (Å²) < 4.78 is 0. The van der Waals surface area contributed by atoms with E-state index >= 15 is 0 Å². The number of aromatic nitrogens is 1. The maximum absolute atomic E-state index is 11.0. The summed E-state index contributed by atoms with van der Waals surface area (Å²) in [5, 5.41) is 13.2. The minimum Gasteiger partial charge on any atom is -0.476 e. The van der Waals surface area contributed by atoms with Crippen LogP contribution in [0.15, 0.2) is 18.0 Å². The molecule has 0 spiro atoms. The van der Waals surface area contributed by atoms with Crippen LogP contribution >= 0.6 is 11.3 Å². The molecule has 0 aliphatic carbocycles. The highest BCUT2D eigenvalue weighted by atomic mass is 32.1. The molecule has 80 valence electrons. The van der Waals surface area contributed by atoms with Gasteiger partial charge >= 0.3 is 5.97 Å². The van der Waals surface area contributed by atoms with Crippen molar-refractivity contribution in [2.75, 3.05) is 0 Å². The predicted octanol–water partition coefficient (Wildman–Crippen LogP) is 1.20. The summed E-state index contributed by atoms with van der Waals surface area (Å²) in [5.41, 5.74) is -0.00491. The number of hydrogen-bond donors (Lipinski definition) is 2. The van der Waals surface area contributed by atoms with Gasteiger partial charge in [-0.25, -0.2) is 9.78 Å². The molecule has 0 fully saturated rings. The van der Waals surface area contributed by atoms with Gasteiger partial charge in [-0.05, 0) is 13.0 Å². The second-order valence-corrected chi connectivity index (χ2v) is 3.70. The number of carbonyl (C=O) groups is 2. The van der Waals surface area contributed by atoms with Crippen LogP contribution in [0.5, 0.6) is 0 Å². The SMILES string of the molecule is C=CC(=O)NC(C)c1nc(C(=O)O)cs1. The average molecular weight is 226 g/mol. The normalized spacial score (nSPS) is 11.8. The van der Waals surface area contributed by atoms with E-state index in [0.717, 1.165) is 6.08 Å². The molecular formula is C9H10N2O3S. The topological polar surface area (TPSA) is 79.3 Å². The summed E-state index contributed by atoms with van der Waals surface area (Å²) in [6.45, 7) is 5.05. The minimum absolute atomic E-state index is 0.00491. The fourth-order valence-corrected chi connectivity index (χ4v) is 1.72. The Bertz CT molecular complexity index is 400. The van der Waals surface area contributed by atoms with E-state index in [9.17, 15) is 9.59 Å². The van der Waals surface area contributed by atoms with E-state index in [1.807, 2.05) is 0 Å². The molecule has 15 heavy (non-hydrogen) atoms. The van der Waals surface area contributed by atoms with Crippen LogP contribution in [0.2, 0.25) is 0 Å². The van der Waals surface area contributed by atoms with Crippen molar-refractivity contribution in [1.82, 2.24) is 10.3 Å². The monoisotopic (exact) mass is 226 g/mol. The van der Waals surface area contributed by atoms with Crippen LogP contribution in [0.1, 0.15) is 28.5 Å². The minimum atomic E-state index is -1.07. The van der Waals surface area contributed by atoms with Crippen molar-refractivity contribution in [3.63, 3.8) is 0 Å². The van der Waals surface area contributed by atoms with Crippen LogP contribution in [0, 0.1) is 0 Å². The Morgan fingerprint density at radius 2 is 2.40 bits per heavy atom. The van der Waals surface area contributed by atoms with E-state index in [2.05, 4.69) is 16.9 Å². The number of amides is 1. The molecule has 0 aliphatic heterocycles. The van der Waals surface area contributed by atoms with Crippen molar-refractivity contribution in [3.8, 4) is 0 Å². The van der Waals surface area contributed by atoms with Gasteiger partial charge in [0.1, 0.15) is 5.01 Å². The number of carbonyl (C=O) groups excluding carboxylic acids is 1. The zero-order chi connectivity index (χ0) is 11.4. The fraction of sp³-hybridized carbons (Fsp3) is 0.222. The van der Waals surface area contributed by atoms with Gasteiger partial charge in [0.25, 0.3) is 0 Å². The maximum Gasteiger partial charge on any atom is 0.355 e. The Balaban J connectivity index is 2.73. The van der Waals surface area contributed by atoms with E-state index in [0.29, 0.717) is 5.01 Å². The molecule has 1 aromatic heterocycles. The molecule has 2 N–H and O–H groups in total. The Labute approximate surface area is 90.5 Å². The van der Waals surface area contributed by atoms with E-state index in [-0.39, 0.29) is 17.6 Å². The first-order chi connectivity index (χ1) is 7.04. The first-order valence-corrected chi connectivity index (χ1v) is 5.04. The Morgan fingerprint density at radius 1 is 1.73 bits per heavy atom. The first-order valence-electron chi connectivity index (χ1n) is 4.16. The number of hydrogen-bond acceptors (Lipinski definition) is 4. The molecule has 0 aromatic carbocycles. The lowest BCUT2D eigenvalue weighted by atomic mass is 10.3. The predicted molar refractivity (Wildman–Crippen MR) is 55.8 cm³/mol. The van der Waals surface area contributed by atoms with E-state index in [1.54, 1.807) is 6.92 Å². The second-order valence-electron chi connectivity index (χ2n) is 2.81. The van der Waals surface area contributed by atoms with Crippen molar-refractivity contribution >= 4 is 23.2 Å². The quantitative estimate of drug-likeness (QED) is 0.756. The van der Waals surface area contributed by atoms with Crippen molar-refractivity contribution in [3.05, 3.63) is 28.7 Å². The molecule has 0 aliphatic rings. The summed E-state index contributed by atoms with van der Waals surface area (Å²) >= 11 is 1.20. The molecule has 1 amide bonds. The molecule has 1 rings (SSSR count). The second kappa shape index (κ2) is 4.70. The number of nitrogens with one attached hydrogen (secondary N) is 1. The van der Waals surface area contributed by atoms with Crippen LogP contribution in [0.3, 0.4) is 0 Å². The molecule has 6 heteroatoms. The number of aromatic carboxylic acids is 1. The number of carboxylic acids is 1. The largest absolute Gasteiger partial charge is 0.476 e. The summed E-state index contributed by atoms with van der Waals surface area (Å²) in [6, 6.07) is -0.311.